The Morgan fingerprint density at radius 2 is 1.94 bits per heavy atom. The van der Waals surface area contributed by atoms with Crippen LogP contribution < -0.4 is 0 Å². The number of aryl methyl sites for hydroxylation is 2. The molecule has 1 aliphatic carbocycles. The number of aromatic nitrogens is 1. The van der Waals surface area contributed by atoms with E-state index in [1.54, 1.807) is 0 Å². The molecular formula is C16H25NO. The first-order valence-corrected chi connectivity index (χ1v) is 7.23. The van der Waals surface area contributed by atoms with Gasteiger partial charge in [-0.1, -0.05) is 26.2 Å². The molecule has 0 aliphatic heterocycles. The number of aliphatic hydroxyl groups is 1. The number of hydrogen-bond donors (Lipinski definition) is 1. The minimum absolute atomic E-state index is 0.306. The van der Waals surface area contributed by atoms with Gasteiger partial charge in [-0.15, -0.1) is 0 Å². The summed E-state index contributed by atoms with van der Waals surface area (Å²) in [7, 11) is 0. The van der Waals surface area contributed by atoms with Gasteiger partial charge in [0.15, 0.2) is 0 Å². The SMILES string of the molecule is CCC1CCCC(C(O)c2cc(C)nc(C)c2)C1. The Morgan fingerprint density at radius 3 is 2.56 bits per heavy atom. The van der Waals surface area contributed by atoms with Crippen molar-refractivity contribution in [2.24, 2.45) is 11.8 Å². The van der Waals surface area contributed by atoms with Gasteiger partial charge < -0.3 is 5.11 Å². The van der Waals surface area contributed by atoms with E-state index >= 15 is 0 Å². The van der Waals surface area contributed by atoms with Gasteiger partial charge in [0.25, 0.3) is 0 Å². The number of nitrogens with zero attached hydrogens (tertiary/aromatic N) is 1. The molecule has 100 valence electrons. The largest absolute Gasteiger partial charge is 0.388 e. The van der Waals surface area contributed by atoms with E-state index in [0.29, 0.717) is 5.92 Å². The van der Waals surface area contributed by atoms with Crippen molar-refractivity contribution < 1.29 is 5.11 Å². The molecule has 1 N–H and O–H groups in total. The van der Waals surface area contributed by atoms with Crippen LogP contribution >= 0.6 is 0 Å². The topological polar surface area (TPSA) is 33.1 Å². The summed E-state index contributed by atoms with van der Waals surface area (Å²) in [5.41, 5.74) is 3.07. The fraction of sp³-hybridized carbons (Fsp3) is 0.688. The smallest absolute Gasteiger partial charge is 0.0819 e. The number of hydrogen-bond acceptors (Lipinski definition) is 2. The monoisotopic (exact) mass is 247 g/mol. The summed E-state index contributed by atoms with van der Waals surface area (Å²) in [6, 6.07) is 4.07. The van der Waals surface area contributed by atoms with Crippen LogP contribution in [0.1, 0.15) is 62.1 Å². The molecule has 0 aromatic carbocycles. The predicted molar refractivity (Wildman–Crippen MR) is 74.4 cm³/mol. The highest BCUT2D eigenvalue weighted by Gasteiger charge is 2.27. The molecule has 2 nitrogen and oxygen atoms in total. The quantitative estimate of drug-likeness (QED) is 0.877. The highest BCUT2D eigenvalue weighted by atomic mass is 16.3. The van der Waals surface area contributed by atoms with Gasteiger partial charge in [-0.2, -0.15) is 0 Å². The van der Waals surface area contributed by atoms with Crippen LogP contribution in [0.2, 0.25) is 0 Å². The Hall–Kier alpha value is -0.890. The molecule has 2 rings (SSSR count). The predicted octanol–water partition coefficient (Wildman–Crippen LogP) is 3.95. The summed E-state index contributed by atoms with van der Waals surface area (Å²) >= 11 is 0. The van der Waals surface area contributed by atoms with Gasteiger partial charge in [0.2, 0.25) is 0 Å². The summed E-state index contributed by atoms with van der Waals surface area (Å²) in [5.74, 6) is 1.24. The van der Waals surface area contributed by atoms with Crippen molar-refractivity contribution in [2.45, 2.75) is 59.0 Å². The molecule has 3 unspecified atom stereocenters. The zero-order valence-corrected chi connectivity index (χ0v) is 11.8. The van der Waals surface area contributed by atoms with Crippen LogP contribution in [0.4, 0.5) is 0 Å². The Balaban J connectivity index is 2.12. The first kappa shape index (κ1) is 13.5. The lowest BCUT2D eigenvalue weighted by Crippen LogP contribution is -2.21. The number of aliphatic hydroxyl groups excluding tert-OH is 1. The lowest BCUT2D eigenvalue weighted by Gasteiger charge is -2.32. The van der Waals surface area contributed by atoms with Crippen molar-refractivity contribution in [3.05, 3.63) is 29.1 Å². The van der Waals surface area contributed by atoms with Crippen LogP contribution in [-0.2, 0) is 0 Å². The van der Waals surface area contributed by atoms with Gasteiger partial charge in [0, 0.05) is 11.4 Å². The molecule has 0 spiro atoms. The Bertz CT molecular complexity index is 382. The van der Waals surface area contributed by atoms with Crippen molar-refractivity contribution in [2.75, 3.05) is 0 Å². The molecule has 0 bridgehead atoms. The average Bonchev–Trinajstić information content (AvgIpc) is 2.37. The lowest BCUT2D eigenvalue weighted by atomic mass is 9.76. The molecule has 1 aromatic heterocycles. The second kappa shape index (κ2) is 5.83. The summed E-state index contributed by atoms with van der Waals surface area (Å²) in [4.78, 5) is 4.38. The minimum Gasteiger partial charge on any atom is -0.388 e. The van der Waals surface area contributed by atoms with Gasteiger partial charge >= 0.3 is 0 Å². The minimum atomic E-state index is -0.306. The maximum atomic E-state index is 10.6. The molecule has 0 radical (unpaired) electrons. The molecule has 1 heterocycles. The van der Waals surface area contributed by atoms with E-state index in [4.69, 9.17) is 0 Å². The molecular weight excluding hydrogens is 222 g/mol. The summed E-state index contributed by atoms with van der Waals surface area (Å²) in [6.45, 7) is 6.26. The molecule has 18 heavy (non-hydrogen) atoms. The van der Waals surface area contributed by atoms with Crippen LogP contribution in [-0.4, -0.2) is 10.1 Å². The van der Waals surface area contributed by atoms with E-state index in [1.807, 2.05) is 26.0 Å². The molecule has 2 heteroatoms. The van der Waals surface area contributed by atoms with Crippen molar-refractivity contribution in [1.29, 1.82) is 0 Å². The van der Waals surface area contributed by atoms with Gasteiger partial charge in [0.1, 0.15) is 0 Å². The van der Waals surface area contributed by atoms with E-state index < -0.39 is 0 Å². The lowest BCUT2D eigenvalue weighted by molar-refractivity contribution is 0.0676. The molecule has 1 saturated carbocycles. The number of rotatable bonds is 3. The number of pyridine rings is 1. The summed E-state index contributed by atoms with van der Waals surface area (Å²) in [6.07, 6.45) is 5.89. The van der Waals surface area contributed by atoms with Crippen molar-refractivity contribution >= 4 is 0 Å². The van der Waals surface area contributed by atoms with E-state index in [2.05, 4.69) is 11.9 Å². The van der Waals surface area contributed by atoms with Crippen LogP contribution in [0.15, 0.2) is 12.1 Å². The Kier molecular flexibility index (Phi) is 4.39. The van der Waals surface area contributed by atoms with E-state index in [1.165, 1.54) is 25.7 Å². The Labute approximate surface area is 110 Å². The van der Waals surface area contributed by atoms with E-state index in [-0.39, 0.29) is 6.10 Å². The van der Waals surface area contributed by atoms with Gasteiger partial charge in [0.05, 0.1) is 6.10 Å². The highest BCUT2D eigenvalue weighted by Crippen LogP contribution is 2.38. The standard InChI is InChI=1S/C16H25NO/c1-4-13-6-5-7-14(10-13)16(18)15-8-11(2)17-12(3)9-15/h8-9,13-14,16,18H,4-7,10H2,1-3H3. The first-order valence-electron chi connectivity index (χ1n) is 7.23. The molecule has 1 fully saturated rings. The van der Waals surface area contributed by atoms with Crippen molar-refractivity contribution in [3.63, 3.8) is 0 Å². The summed E-state index contributed by atoms with van der Waals surface area (Å²) < 4.78 is 0. The van der Waals surface area contributed by atoms with Crippen LogP contribution in [0, 0.1) is 25.7 Å². The average molecular weight is 247 g/mol. The normalized spacial score (nSPS) is 26.0. The van der Waals surface area contributed by atoms with Crippen LogP contribution in [0.5, 0.6) is 0 Å². The molecule has 0 amide bonds. The molecule has 3 atom stereocenters. The Morgan fingerprint density at radius 1 is 1.28 bits per heavy atom. The molecule has 1 aliphatic rings. The zero-order valence-electron chi connectivity index (χ0n) is 11.8. The second-order valence-electron chi connectivity index (χ2n) is 5.83. The highest BCUT2D eigenvalue weighted by molar-refractivity contribution is 5.23. The third kappa shape index (κ3) is 3.11. The van der Waals surface area contributed by atoms with Crippen molar-refractivity contribution in [3.8, 4) is 0 Å². The fourth-order valence-electron chi connectivity index (χ4n) is 3.30. The van der Waals surface area contributed by atoms with Gasteiger partial charge in [-0.3, -0.25) is 4.98 Å². The third-order valence-electron chi connectivity index (χ3n) is 4.29. The molecule has 1 aromatic rings. The zero-order chi connectivity index (χ0) is 13.1. The first-order chi connectivity index (χ1) is 8.60. The van der Waals surface area contributed by atoms with Crippen LogP contribution in [0.25, 0.3) is 0 Å². The maximum absolute atomic E-state index is 10.6. The maximum Gasteiger partial charge on any atom is 0.0819 e. The fourth-order valence-corrected chi connectivity index (χ4v) is 3.30. The van der Waals surface area contributed by atoms with Gasteiger partial charge in [-0.05, 0) is 56.2 Å². The second-order valence-corrected chi connectivity index (χ2v) is 5.83. The van der Waals surface area contributed by atoms with Gasteiger partial charge in [-0.25, -0.2) is 0 Å². The molecule has 0 saturated heterocycles. The summed E-state index contributed by atoms with van der Waals surface area (Å²) in [5, 5.41) is 10.6. The third-order valence-corrected chi connectivity index (χ3v) is 4.29. The van der Waals surface area contributed by atoms with Crippen LogP contribution in [0.3, 0.4) is 0 Å². The van der Waals surface area contributed by atoms with E-state index in [9.17, 15) is 5.11 Å². The van der Waals surface area contributed by atoms with Crippen molar-refractivity contribution in [1.82, 2.24) is 4.98 Å². The van der Waals surface area contributed by atoms with E-state index in [0.717, 1.165) is 29.3 Å².